The maximum Gasteiger partial charge on any atom is 0.252 e. The van der Waals surface area contributed by atoms with Crippen molar-refractivity contribution >= 4 is 16.8 Å². The first-order valence-corrected chi connectivity index (χ1v) is 9.55. The summed E-state index contributed by atoms with van der Waals surface area (Å²) >= 11 is 0. The molecule has 0 unspecified atom stereocenters. The van der Waals surface area contributed by atoms with Gasteiger partial charge in [-0.25, -0.2) is 0 Å². The number of fused-ring (bicyclic) bond motifs is 1. The minimum atomic E-state index is -0.195. The maximum absolute atomic E-state index is 12.2. The monoisotopic (exact) mass is 369 g/mol. The molecule has 140 valence electrons. The Morgan fingerprint density at radius 1 is 1.11 bits per heavy atom. The van der Waals surface area contributed by atoms with Crippen LogP contribution in [0.2, 0.25) is 0 Å². The van der Waals surface area contributed by atoms with Crippen LogP contribution in [-0.2, 0) is 13.0 Å². The van der Waals surface area contributed by atoms with Gasteiger partial charge in [-0.15, -0.1) is 0 Å². The Bertz CT molecular complexity index is 1090. The van der Waals surface area contributed by atoms with Gasteiger partial charge in [0.15, 0.2) is 0 Å². The van der Waals surface area contributed by atoms with E-state index in [1.54, 1.807) is 24.3 Å². The molecule has 3 aromatic rings. The van der Waals surface area contributed by atoms with Gasteiger partial charge in [-0.05, 0) is 67.3 Å². The minimum absolute atomic E-state index is 0.195. The number of carbonyl (C=O) groups is 1. The maximum atomic E-state index is 12.2. The van der Waals surface area contributed by atoms with E-state index in [-0.39, 0.29) is 12.5 Å². The summed E-state index contributed by atoms with van der Waals surface area (Å²) in [4.78, 5) is 12.2. The lowest BCUT2D eigenvalue weighted by molar-refractivity contribution is 0.0958. The SMILES string of the molecule is CCCc1ccc2c(c1)cc(C#CCNC(=O)c1ccc(C#N)cc1)n2CC. The highest BCUT2D eigenvalue weighted by Crippen LogP contribution is 2.21. The van der Waals surface area contributed by atoms with E-state index in [0.717, 1.165) is 25.1 Å². The van der Waals surface area contributed by atoms with Crippen molar-refractivity contribution in [3.63, 3.8) is 0 Å². The van der Waals surface area contributed by atoms with Crippen molar-refractivity contribution in [2.45, 2.75) is 33.2 Å². The van der Waals surface area contributed by atoms with Crippen LogP contribution in [0.25, 0.3) is 10.9 Å². The van der Waals surface area contributed by atoms with E-state index in [9.17, 15) is 4.79 Å². The smallest absolute Gasteiger partial charge is 0.252 e. The molecule has 0 atom stereocenters. The van der Waals surface area contributed by atoms with E-state index in [1.807, 2.05) is 6.07 Å². The molecule has 1 amide bonds. The average Bonchev–Trinajstić information content (AvgIpc) is 3.08. The highest BCUT2D eigenvalue weighted by atomic mass is 16.1. The zero-order valence-corrected chi connectivity index (χ0v) is 16.2. The van der Waals surface area contributed by atoms with Crippen molar-refractivity contribution < 1.29 is 4.79 Å². The molecule has 0 spiro atoms. The van der Waals surface area contributed by atoms with E-state index in [2.05, 4.69) is 59.8 Å². The Kier molecular flexibility index (Phi) is 6.14. The summed E-state index contributed by atoms with van der Waals surface area (Å²) in [6, 6.07) is 17.3. The molecule has 0 aliphatic carbocycles. The Morgan fingerprint density at radius 3 is 2.57 bits per heavy atom. The number of amides is 1. The molecule has 0 saturated heterocycles. The van der Waals surface area contributed by atoms with Crippen molar-refractivity contribution in [2.75, 3.05) is 6.54 Å². The molecule has 0 aliphatic rings. The van der Waals surface area contributed by atoms with Crippen LogP contribution in [0.4, 0.5) is 0 Å². The van der Waals surface area contributed by atoms with Gasteiger partial charge in [-0.2, -0.15) is 5.26 Å². The summed E-state index contributed by atoms with van der Waals surface area (Å²) < 4.78 is 2.19. The van der Waals surface area contributed by atoms with Crippen LogP contribution in [0.15, 0.2) is 48.5 Å². The predicted octanol–water partition coefficient (Wildman–Crippen LogP) is 4.27. The molecule has 1 heterocycles. The van der Waals surface area contributed by atoms with Crippen LogP contribution in [0.5, 0.6) is 0 Å². The summed E-state index contributed by atoms with van der Waals surface area (Å²) in [6.07, 6.45) is 2.21. The fraction of sp³-hybridized carbons (Fsp3) is 0.250. The molecule has 0 fully saturated rings. The third-order valence-corrected chi connectivity index (χ3v) is 4.65. The van der Waals surface area contributed by atoms with Gasteiger partial charge in [0.2, 0.25) is 0 Å². The molecule has 0 bridgehead atoms. The van der Waals surface area contributed by atoms with Gasteiger partial charge in [0, 0.05) is 23.0 Å². The highest BCUT2D eigenvalue weighted by Gasteiger charge is 2.07. The highest BCUT2D eigenvalue weighted by molar-refractivity contribution is 5.94. The van der Waals surface area contributed by atoms with Crippen LogP contribution in [-0.4, -0.2) is 17.0 Å². The minimum Gasteiger partial charge on any atom is -0.341 e. The number of nitriles is 1. The zero-order chi connectivity index (χ0) is 19.9. The van der Waals surface area contributed by atoms with Gasteiger partial charge in [0.25, 0.3) is 5.91 Å². The lowest BCUT2D eigenvalue weighted by atomic mass is 10.1. The third-order valence-electron chi connectivity index (χ3n) is 4.65. The number of aryl methyl sites for hydroxylation is 2. The summed E-state index contributed by atoms with van der Waals surface area (Å²) in [5.74, 6) is 6.04. The fourth-order valence-corrected chi connectivity index (χ4v) is 3.27. The van der Waals surface area contributed by atoms with E-state index in [0.29, 0.717) is 11.1 Å². The Morgan fingerprint density at radius 2 is 1.89 bits per heavy atom. The number of carbonyl (C=O) groups excluding carboxylic acids is 1. The van der Waals surface area contributed by atoms with Crippen molar-refractivity contribution in [1.82, 2.24) is 9.88 Å². The lowest BCUT2D eigenvalue weighted by Crippen LogP contribution is -2.23. The number of hydrogen-bond acceptors (Lipinski definition) is 2. The summed E-state index contributed by atoms with van der Waals surface area (Å²) in [7, 11) is 0. The molecule has 1 N–H and O–H groups in total. The second kappa shape index (κ2) is 8.93. The molecule has 0 aliphatic heterocycles. The van der Waals surface area contributed by atoms with Crippen LogP contribution in [0.3, 0.4) is 0 Å². The topological polar surface area (TPSA) is 57.8 Å². The largest absolute Gasteiger partial charge is 0.341 e. The average molecular weight is 369 g/mol. The van der Waals surface area contributed by atoms with Gasteiger partial charge in [0.1, 0.15) is 0 Å². The second-order valence-electron chi connectivity index (χ2n) is 6.59. The lowest BCUT2D eigenvalue weighted by Gasteiger charge is -2.04. The van der Waals surface area contributed by atoms with Crippen LogP contribution in [0, 0.1) is 23.2 Å². The molecule has 2 aromatic carbocycles. The molecule has 0 radical (unpaired) electrons. The normalized spacial score (nSPS) is 10.2. The molecule has 0 saturated carbocycles. The molecular weight excluding hydrogens is 346 g/mol. The number of rotatable bonds is 5. The van der Waals surface area contributed by atoms with Gasteiger partial charge in [0.05, 0.1) is 23.9 Å². The third kappa shape index (κ3) is 4.24. The summed E-state index contributed by atoms with van der Waals surface area (Å²) in [5.41, 5.74) is 4.54. The number of benzene rings is 2. The molecule has 28 heavy (non-hydrogen) atoms. The first-order chi connectivity index (χ1) is 13.7. The Balaban J connectivity index is 1.71. The molecule has 3 rings (SSSR count). The molecule has 4 nitrogen and oxygen atoms in total. The van der Waals surface area contributed by atoms with E-state index < -0.39 is 0 Å². The fourth-order valence-electron chi connectivity index (χ4n) is 3.27. The number of aromatic nitrogens is 1. The summed E-state index contributed by atoms with van der Waals surface area (Å²) in [6.45, 7) is 5.41. The second-order valence-corrected chi connectivity index (χ2v) is 6.59. The van der Waals surface area contributed by atoms with Crippen molar-refractivity contribution in [1.29, 1.82) is 5.26 Å². The van der Waals surface area contributed by atoms with E-state index in [4.69, 9.17) is 5.26 Å². The van der Waals surface area contributed by atoms with Crippen molar-refractivity contribution in [3.8, 4) is 17.9 Å². The number of nitrogens with one attached hydrogen (secondary N) is 1. The summed E-state index contributed by atoms with van der Waals surface area (Å²) in [5, 5.41) is 12.8. The van der Waals surface area contributed by atoms with Gasteiger partial charge in [-0.1, -0.05) is 25.3 Å². The van der Waals surface area contributed by atoms with Crippen molar-refractivity contribution in [3.05, 3.63) is 70.9 Å². The molecule has 1 aromatic heterocycles. The standard InChI is InChI=1S/C24H23N3O/c1-3-6-18-10-13-23-21(15-18)16-22(27(23)4-2)7-5-14-26-24(28)20-11-8-19(17-25)9-12-20/h8-13,15-16H,3-4,6,14H2,1-2H3,(H,26,28). The molecular formula is C24H23N3O. The van der Waals surface area contributed by atoms with Crippen LogP contribution >= 0.6 is 0 Å². The van der Waals surface area contributed by atoms with Gasteiger partial charge in [-0.3, -0.25) is 4.79 Å². The van der Waals surface area contributed by atoms with Crippen molar-refractivity contribution in [2.24, 2.45) is 0 Å². The van der Waals surface area contributed by atoms with Gasteiger partial charge < -0.3 is 9.88 Å². The number of nitrogens with zero attached hydrogens (tertiary/aromatic N) is 2. The van der Waals surface area contributed by atoms with Gasteiger partial charge >= 0.3 is 0 Å². The van der Waals surface area contributed by atoms with E-state index >= 15 is 0 Å². The van der Waals surface area contributed by atoms with Crippen LogP contribution in [0.1, 0.15) is 47.4 Å². The van der Waals surface area contributed by atoms with Crippen LogP contribution < -0.4 is 5.32 Å². The predicted molar refractivity (Wildman–Crippen MR) is 112 cm³/mol. The first-order valence-electron chi connectivity index (χ1n) is 9.55. The van der Waals surface area contributed by atoms with E-state index in [1.165, 1.54) is 16.5 Å². The Labute approximate surface area is 165 Å². The first kappa shape index (κ1) is 19.3. The zero-order valence-electron chi connectivity index (χ0n) is 16.2. The Hall–Kier alpha value is -3.50. The quantitative estimate of drug-likeness (QED) is 0.683. The number of hydrogen-bond donors (Lipinski definition) is 1. The molecule has 4 heteroatoms.